The van der Waals surface area contributed by atoms with E-state index in [1.54, 1.807) is 20.0 Å². The van der Waals surface area contributed by atoms with E-state index < -0.39 is 41.0 Å². The van der Waals surface area contributed by atoms with Gasteiger partial charge in [-0.15, -0.1) is 0 Å². The Labute approximate surface area is 188 Å². The Morgan fingerprint density at radius 2 is 1.82 bits per heavy atom. The van der Waals surface area contributed by atoms with Crippen LogP contribution in [-0.4, -0.2) is 17.1 Å². The van der Waals surface area contributed by atoms with E-state index in [1.807, 2.05) is 36.4 Å². The molecule has 3 aromatic rings. The standard InChI is InChI=1S/C25H23F4NO3/c1-24(2)21(22(24)33-20-9-8-17(13-18(20)26)25(27,28)29)23(31)32-14-19-16(10-11-30-19)12-15-6-4-3-5-7-15/h3-11,13,21-22,30H,12,14H2,1-2H3. The summed E-state index contributed by atoms with van der Waals surface area (Å²) in [6.45, 7) is 3.57. The molecule has 2 unspecified atom stereocenters. The molecular weight excluding hydrogens is 438 g/mol. The van der Waals surface area contributed by atoms with Gasteiger partial charge in [0, 0.05) is 11.6 Å². The van der Waals surface area contributed by atoms with Crippen molar-refractivity contribution < 1.29 is 31.8 Å². The third-order valence-electron chi connectivity index (χ3n) is 6.02. The van der Waals surface area contributed by atoms with Crippen molar-refractivity contribution in [2.75, 3.05) is 0 Å². The van der Waals surface area contributed by atoms with Crippen molar-refractivity contribution in [3.63, 3.8) is 0 Å². The van der Waals surface area contributed by atoms with E-state index in [1.165, 1.54) is 0 Å². The monoisotopic (exact) mass is 461 g/mol. The van der Waals surface area contributed by atoms with Gasteiger partial charge in [0.15, 0.2) is 11.6 Å². The number of ether oxygens (including phenoxy) is 2. The molecule has 1 heterocycles. The number of hydrogen-bond acceptors (Lipinski definition) is 3. The summed E-state index contributed by atoms with van der Waals surface area (Å²) in [5.74, 6) is -2.62. The van der Waals surface area contributed by atoms with Gasteiger partial charge < -0.3 is 14.5 Å². The third-order valence-corrected chi connectivity index (χ3v) is 6.02. The van der Waals surface area contributed by atoms with E-state index in [4.69, 9.17) is 9.47 Å². The number of hydrogen-bond donors (Lipinski definition) is 1. The number of halogens is 4. The van der Waals surface area contributed by atoms with Crippen LogP contribution in [0.2, 0.25) is 0 Å². The molecule has 2 atom stereocenters. The van der Waals surface area contributed by atoms with Crippen molar-refractivity contribution >= 4 is 5.97 Å². The Kier molecular flexibility index (Phi) is 5.95. The van der Waals surface area contributed by atoms with E-state index in [0.717, 1.165) is 29.0 Å². The molecule has 4 nitrogen and oxygen atoms in total. The first-order valence-corrected chi connectivity index (χ1v) is 10.5. The summed E-state index contributed by atoms with van der Waals surface area (Å²) >= 11 is 0. The number of benzene rings is 2. The molecular formula is C25H23F4NO3. The molecule has 33 heavy (non-hydrogen) atoms. The fourth-order valence-corrected chi connectivity index (χ4v) is 3.93. The van der Waals surface area contributed by atoms with E-state index >= 15 is 0 Å². The first-order valence-electron chi connectivity index (χ1n) is 10.5. The molecule has 174 valence electrons. The summed E-state index contributed by atoms with van der Waals surface area (Å²) < 4.78 is 63.5. The second-order valence-electron chi connectivity index (χ2n) is 8.73. The molecule has 0 amide bonds. The van der Waals surface area contributed by atoms with Crippen molar-refractivity contribution in [1.29, 1.82) is 0 Å². The summed E-state index contributed by atoms with van der Waals surface area (Å²) in [5.41, 5.74) is 1.16. The second kappa shape index (κ2) is 8.57. The Bertz CT molecular complexity index is 1140. The number of esters is 1. The minimum atomic E-state index is -4.65. The molecule has 1 N–H and O–H groups in total. The van der Waals surface area contributed by atoms with Crippen LogP contribution in [0.15, 0.2) is 60.8 Å². The highest BCUT2D eigenvalue weighted by Crippen LogP contribution is 2.55. The van der Waals surface area contributed by atoms with Crippen LogP contribution in [0.1, 0.15) is 36.2 Å². The summed E-state index contributed by atoms with van der Waals surface area (Å²) in [5, 5.41) is 0. The van der Waals surface area contributed by atoms with Crippen molar-refractivity contribution in [2.24, 2.45) is 11.3 Å². The van der Waals surface area contributed by atoms with E-state index in [0.29, 0.717) is 12.5 Å². The lowest BCUT2D eigenvalue weighted by molar-refractivity contribution is -0.148. The molecule has 1 saturated carbocycles. The molecule has 1 fully saturated rings. The van der Waals surface area contributed by atoms with Gasteiger partial charge in [0.05, 0.1) is 11.3 Å². The Morgan fingerprint density at radius 3 is 2.48 bits per heavy atom. The van der Waals surface area contributed by atoms with Gasteiger partial charge in [0.2, 0.25) is 0 Å². The highest BCUT2D eigenvalue weighted by Gasteiger charge is 2.65. The topological polar surface area (TPSA) is 51.3 Å². The highest BCUT2D eigenvalue weighted by atomic mass is 19.4. The van der Waals surface area contributed by atoms with Crippen LogP contribution in [0.25, 0.3) is 0 Å². The number of H-pyrrole nitrogens is 1. The van der Waals surface area contributed by atoms with Gasteiger partial charge in [0.25, 0.3) is 0 Å². The van der Waals surface area contributed by atoms with Crippen LogP contribution in [0.5, 0.6) is 5.75 Å². The quantitative estimate of drug-likeness (QED) is 0.352. The maximum Gasteiger partial charge on any atom is 0.416 e. The average molecular weight is 461 g/mol. The van der Waals surface area contributed by atoms with Gasteiger partial charge in [-0.1, -0.05) is 44.2 Å². The molecule has 0 saturated heterocycles. The molecule has 1 aliphatic carbocycles. The molecule has 0 aliphatic heterocycles. The van der Waals surface area contributed by atoms with Gasteiger partial charge in [-0.05, 0) is 41.8 Å². The maximum atomic E-state index is 14.2. The smallest absolute Gasteiger partial charge is 0.416 e. The van der Waals surface area contributed by atoms with E-state index in [2.05, 4.69) is 4.98 Å². The van der Waals surface area contributed by atoms with Gasteiger partial charge in [-0.25, -0.2) is 4.39 Å². The number of nitrogens with one attached hydrogen (secondary N) is 1. The minimum Gasteiger partial charge on any atom is -0.486 e. The van der Waals surface area contributed by atoms with Crippen molar-refractivity contribution in [3.05, 3.63) is 89.0 Å². The van der Waals surface area contributed by atoms with E-state index in [9.17, 15) is 22.4 Å². The number of rotatable bonds is 7. The van der Waals surface area contributed by atoms with Gasteiger partial charge >= 0.3 is 12.1 Å². The van der Waals surface area contributed by atoms with Gasteiger partial charge in [-0.2, -0.15) is 13.2 Å². The van der Waals surface area contributed by atoms with Crippen LogP contribution in [-0.2, 0) is 28.7 Å². The molecule has 4 rings (SSSR count). The van der Waals surface area contributed by atoms with Crippen LogP contribution >= 0.6 is 0 Å². The number of aromatic nitrogens is 1. The van der Waals surface area contributed by atoms with Crippen molar-refractivity contribution in [2.45, 2.75) is 39.2 Å². The zero-order chi connectivity index (χ0) is 23.8. The van der Waals surface area contributed by atoms with Crippen molar-refractivity contribution in [1.82, 2.24) is 4.98 Å². The fourth-order valence-electron chi connectivity index (χ4n) is 3.93. The summed E-state index contributed by atoms with van der Waals surface area (Å²) in [7, 11) is 0. The van der Waals surface area contributed by atoms with Crippen LogP contribution in [0.3, 0.4) is 0 Å². The van der Waals surface area contributed by atoms with Crippen molar-refractivity contribution in [3.8, 4) is 5.75 Å². The largest absolute Gasteiger partial charge is 0.486 e. The zero-order valence-electron chi connectivity index (χ0n) is 18.1. The summed E-state index contributed by atoms with van der Waals surface area (Å²) in [6.07, 6.45) is -2.89. The van der Waals surface area contributed by atoms with Crippen LogP contribution in [0, 0.1) is 17.2 Å². The lowest BCUT2D eigenvalue weighted by atomic mass is 10.1. The number of carbonyl (C=O) groups excluding carboxylic acids is 1. The fraction of sp³-hybridized carbons (Fsp3) is 0.320. The van der Waals surface area contributed by atoms with Gasteiger partial charge in [-0.3, -0.25) is 4.79 Å². The molecule has 0 spiro atoms. The summed E-state index contributed by atoms with van der Waals surface area (Å²) in [6, 6.07) is 13.9. The Balaban J connectivity index is 1.38. The highest BCUT2D eigenvalue weighted by molar-refractivity contribution is 5.78. The molecule has 1 aromatic heterocycles. The first-order chi connectivity index (χ1) is 15.6. The predicted octanol–water partition coefficient (Wildman–Crippen LogP) is 5.91. The SMILES string of the molecule is CC1(C)C(Oc2ccc(C(F)(F)F)cc2F)C1C(=O)OCc1[nH]ccc1Cc1ccccc1. The lowest BCUT2D eigenvalue weighted by Crippen LogP contribution is -2.13. The minimum absolute atomic E-state index is 0.0436. The number of alkyl halides is 3. The summed E-state index contributed by atoms with van der Waals surface area (Å²) in [4.78, 5) is 15.8. The second-order valence-corrected chi connectivity index (χ2v) is 8.73. The average Bonchev–Trinajstić information content (AvgIpc) is 3.05. The van der Waals surface area contributed by atoms with Crippen LogP contribution < -0.4 is 4.74 Å². The Hall–Kier alpha value is -3.29. The molecule has 8 heteroatoms. The zero-order valence-corrected chi connectivity index (χ0v) is 18.1. The molecule has 0 radical (unpaired) electrons. The molecule has 1 aliphatic rings. The van der Waals surface area contributed by atoms with E-state index in [-0.39, 0.29) is 12.4 Å². The lowest BCUT2D eigenvalue weighted by Gasteiger charge is -2.11. The normalized spacial score (nSPS) is 19.2. The third kappa shape index (κ3) is 4.89. The molecule has 0 bridgehead atoms. The number of carbonyl (C=O) groups is 1. The Morgan fingerprint density at radius 1 is 1.09 bits per heavy atom. The number of aromatic amines is 1. The van der Waals surface area contributed by atoms with Crippen LogP contribution in [0.4, 0.5) is 17.6 Å². The van der Waals surface area contributed by atoms with Gasteiger partial charge in [0.1, 0.15) is 18.6 Å². The predicted molar refractivity (Wildman–Crippen MR) is 113 cm³/mol. The molecule has 2 aromatic carbocycles. The maximum absolute atomic E-state index is 14.2. The first kappa shape index (κ1) is 22.9.